The van der Waals surface area contributed by atoms with Crippen molar-refractivity contribution in [2.45, 2.75) is 44.2 Å². The molecule has 2 aliphatic carbocycles. The Labute approximate surface area is 106 Å². The van der Waals surface area contributed by atoms with Gasteiger partial charge in [-0.25, -0.2) is 4.79 Å². The van der Waals surface area contributed by atoms with E-state index < -0.39 is 17.7 Å². The molecular weight excluding hydrogens is 234 g/mol. The summed E-state index contributed by atoms with van der Waals surface area (Å²) in [6.07, 6.45) is 3.31. The minimum atomic E-state index is -1.12. The maximum absolute atomic E-state index is 12.2. The summed E-state index contributed by atoms with van der Waals surface area (Å²) in [7, 11) is 0. The fraction of sp³-hybridized carbons (Fsp3) is 0.846. The molecule has 3 rings (SSSR count). The molecule has 0 aromatic heterocycles. The average molecular weight is 253 g/mol. The highest BCUT2D eigenvalue weighted by molar-refractivity contribution is 5.95. The normalized spacial score (nSPS) is 41.9. The van der Waals surface area contributed by atoms with Gasteiger partial charge in [0.05, 0.1) is 12.6 Å². The van der Waals surface area contributed by atoms with Gasteiger partial charge in [-0.1, -0.05) is 6.42 Å². The van der Waals surface area contributed by atoms with E-state index in [1.165, 1.54) is 19.3 Å². The lowest BCUT2D eigenvalue weighted by molar-refractivity contribution is -0.125. The van der Waals surface area contributed by atoms with Crippen LogP contribution in [0.25, 0.3) is 0 Å². The van der Waals surface area contributed by atoms with Crippen molar-refractivity contribution in [2.24, 2.45) is 17.8 Å². The van der Waals surface area contributed by atoms with E-state index in [1.54, 1.807) is 6.92 Å². The molecule has 3 fully saturated rings. The summed E-state index contributed by atoms with van der Waals surface area (Å²) in [5.74, 6) is 1.92. The molecule has 2 saturated carbocycles. The number of carbonyl (C=O) groups excluding carboxylic acids is 1. The van der Waals surface area contributed by atoms with Crippen LogP contribution >= 0.6 is 0 Å². The summed E-state index contributed by atoms with van der Waals surface area (Å²) in [4.78, 5) is 23.0. The fourth-order valence-electron chi connectivity index (χ4n) is 3.59. The second-order valence-corrected chi connectivity index (χ2v) is 6.04. The maximum Gasteiger partial charge on any atom is 0.405 e. The number of hydrogen-bond acceptors (Lipinski definition) is 3. The van der Waals surface area contributed by atoms with Crippen molar-refractivity contribution in [1.29, 1.82) is 0 Å². The molecule has 5 nitrogen and oxygen atoms in total. The third-order valence-corrected chi connectivity index (χ3v) is 4.80. The Morgan fingerprint density at radius 2 is 2.06 bits per heavy atom. The lowest BCUT2D eigenvalue weighted by Crippen LogP contribution is -2.46. The molecule has 1 amide bonds. The summed E-state index contributed by atoms with van der Waals surface area (Å²) in [6.45, 7) is 2.15. The van der Waals surface area contributed by atoms with Gasteiger partial charge in [-0.2, -0.15) is 0 Å². The van der Waals surface area contributed by atoms with Crippen LogP contribution in [-0.4, -0.2) is 35.2 Å². The van der Waals surface area contributed by atoms with Crippen molar-refractivity contribution < 1.29 is 19.4 Å². The zero-order chi connectivity index (χ0) is 12.9. The first-order valence-corrected chi connectivity index (χ1v) is 6.69. The maximum atomic E-state index is 12.2. The Bertz CT molecular complexity index is 380. The molecule has 0 spiro atoms. The smallest absolute Gasteiger partial charge is 0.405 e. The summed E-state index contributed by atoms with van der Waals surface area (Å²) in [5, 5.41) is 11.2. The quantitative estimate of drug-likeness (QED) is 0.726. The van der Waals surface area contributed by atoms with E-state index in [9.17, 15) is 9.59 Å². The highest BCUT2D eigenvalue weighted by atomic mass is 16.6. The molecule has 2 N–H and O–H groups in total. The third-order valence-electron chi connectivity index (χ3n) is 4.80. The molecule has 1 saturated heterocycles. The minimum absolute atomic E-state index is 0.102. The predicted octanol–water partition coefficient (Wildman–Crippen LogP) is 1.42. The fourth-order valence-corrected chi connectivity index (χ4v) is 3.59. The van der Waals surface area contributed by atoms with Gasteiger partial charge in [0, 0.05) is 0 Å². The molecule has 0 radical (unpaired) electrons. The lowest BCUT2D eigenvalue weighted by atomic mass is 9.94. The molecule has 0 aromatic carbocycles. The summed E-state index contributed by atoms with van der Waals surface area (Å²) in [6, 6.07) is -0.592. The van der Waals surface area contributed by atoms with Gasteiger partial charge in [0.15, 0.2) is 5.78 Å². The largest absolute Gasteiger partial charge is 0.465 e. The van der Waals surface area contributed by atoms with Crippen LogP contribution in [0.4, 0.5) is 4.79 Å². The highest BCUT2D eigenvalue weighted by Gasteiger charge is 2.56. The standard InChI is InChI=1S/C13H19NO4/c1-13(6-18-13)11(15)10(14-12(16)17)5-9-7-3-2-4-8(7)9/h7-10,14H,2-6H2,1H3,(H,16,17)/t7-,8+,9-,10-,13+/m0/s1. The number of carbonyl (C=O) groups is 2. The van der Waals surface area contributed by atoms with Gasteiger partial charge in [-0.15, -0.1) is 0 Å². The lowest BCUT2D eigenvalue weighted by Gasteiger charge is -2.18. The van der Waals surface area contributed by atoms with Crippen molar-refractivity contribution in [2.75, 3.05) is 6.61 Å². The number of ether oxygens (including phenoxy) is 1. The first kappa shape index (κ1) is 12.0. The van der Waals surface area contributed by atoms with E-state index in [1.807, 2.05) is 0 Å². The number of Topliss-reactive ketones (excluding diaryl/α,β-unsaturated/α-hetero) is 1. The van der Waals surface area contributed by atoms with E-state index >= 15 is 0 Å². The van der Waals surface area contributed by atoms with Crippen LogP contribution in [0.2, 0.25) is 0 Å². The zero-order valence-electron chi connectivity index (χ0n) is 10.5. The van der Waals surface area contributed by atoms with Crippen LogP contribution in [0, 0.1) is 17.8 Å². The number of fused-ring (bicyclic) bond motifs is 1. The van der Waals surface area contributed by atoms with Crippen molar-refractivity contribution in [3.05, 3.63) is 0 Å². The Kier molecular flexibility index (Phi) is 2.62. The summed E-state index contributed by atoms with van der Waals surface area (Å²) in [5.41, 5.74) is -0.739. The van der Waals surface area contributed by atoms with Crippen LogP contribution in [0.3, 0.4) is 0 Å². The zero-order valence-corrected chi connectivity index (χ0v) is 10.5. The van der Waals surface area contributed by atoms with Gasteiger partial charge in [0.25, 0.3) is 0 Å². The van der Waals surface area contributed by atoms with E-state index in [-0.39, 0.29) is 5.78 Å². The Balaban J connectivity index is 1.62. The molecule has 0 bridgehead atoms. The molecule has 5 heteroatoms. The molecule has 18 heavy (non-hydrogen) atoms. The van der Waals surface area contributed by atoms with Gasteiger partial charge in [-0.3, -0.25) is 4.79 Å². The number of nitrogens with one attached hydrogen (secondary N) is 1. The Morgan fingerprint density at radius 1 is 1.44 bits per heavy atom. The minimum Gasteiger partial charge on any atom is -0.465 e. The number of amides is 1. The topological polar surface area (TPSA) is 78.9 Å². The number of hydrogen-bond donors (Lipinski definition) is 2. The first-order valence-electron chi connectivity index (χ1n) is 6.69. The van der Waals surface area contributed by atoms with Gasteiger partial charge >= 0.3 is 6.09 Å². The van der Waals surface area contributed by atoms with Crippen LogP contribution in [-0.2, 0) is 9.53 Å². The SMILES string of the molecule is C[C@]1(C(=O)[C@H](C[C@@H]2[C@@H]3CCC[C@@H]32)NC(=O)O)CO1. The second kappa shape index (κ2) is 3.95. The molecular formula is C13H19NO4. The van der Waals surface area contributed by atoms with Crippen molar-refractivity contribution in [3.63, 3.8) is 0 Å². The Hall–Kier alpha value is -1.10. The predicted molar refractivity (Wildman–Crippen MR) is 63.3 cm³/mol. The molecule has 1 aliphatic heterocycles. The van der Waals surface area contributed by atoms with Gasteiger partial charge in [0.2, 0.25) is 0 Å². The van der Waals surface area contributed by atoms with E-state index in [2.05, 4.69) is 5.32 Å². The summed E-state index contributed by atoms with van der Waals surface area (Å²) < 4.78 is 5.13. The van der Waals surface area contributed by atoms with Crippen LogP contribution in [0.5, 0.6) is 0 Å². The van der Waals surface area contributed by atoms with E-state index in [0.717, 1.165) is 11.8 Å². The molecule has 0 aromatic rings. The first-order chi connectivity index (χ1) is 8.51. The Morgan fingerprint density at radius 3 is 2.56 bits per heavy atom. The van der Waals surface area contributed by atoms with Gasteiger partial charge < -0.3 is 15.2 Å². The number of ketones is 1. The van der Waals surface area contributed by atoms with E-state index in [0.29, 0.717) is 18.9 Å². The molecule has 5 atom stereocenters. The molecule has 0 unspecified atom stereocenters. The van der Waals surface area contributed by atoms with Crippen molar-refractivity contribution in [3.8, 4) is 0 Å². The van der Waals surface area contributed by atoms with Crippen molar-refractivity contribution >= 4 is 11.9 Å². The van der Waals surface area contributed by atoms with Crippen LogP contribution in [0.15, 0.2) is 0 Å². The number of carboxylic acid groups (broad SMARTS) is 1. The van der Waals surface area contributed by atoms with Gasteiger partial charge in [-0.05, 0) is 43.9 Å². The monoisotopic (exact) mass is 253 g/mol. The average Bonchev–Trinajstić information content (AvgIpc) is 3.14. The molecule has 1 heterocycles. The van der Waals surface area contributed by atoms with Crippen LogP contribution in [0.1, 0.15) is 32.6 Å². The van der Waals surface area contributed by atoms with E-state index in [4.69, 9.17) is 9.84 Å². The number of rotatable bonds is 5. The van der Waals surface area contributed by atoms with Crippen LogP contribution < -0.4 is 5.32 Å². The number of epoxide rings is 1. The molecule has 3 aliphatic rings. The highest BCUT2D eigenvalue weighted by Crippen LogP contribution is 2.59. The molecule has 100 valence electrons. The summed E-state index contributed by atoms with van der Waals surface area (Å²) >= 11 is 0. The van der Waals surface area contributed by atoms with Crippen molar-refractivity contribution in [1.82, 2.24) is 5.32 Å². The second-order valence-electron chi connectivity index (χ2n) is 6.04. The van der Waals surface area contributed by atoms with Gasteiger partial charge in [0.1, 0.15) is 5.60 Å². The third kappa shape index (κ3) is 2.00.